The van der Waals surface area contributed by atoms with Crippen molar-refractivity contribution in [1.29, 1.82) is 0 Å². The summed E-state index contributed by atoms with van der Waals surface area (Å²) in [6, 6.07) is 26.8. The van der Waals surface area contributed by atoms with Crippen molar-refractivity contribution < 1.29 is 4.79 Å². The van der Waals surface area contributed by atoms with E-state index >= 15 is 0 Å². The molecule has 1 fully saturated rings. The number of likely N-dealkylation sites (tertiary alicyclic amines) is 1. The zero-order valence-electron chi connectivity index (χ0n) is 23.4. The number of nitrogens with zero attached hydrogens (tertiary/aromatic N) is 4. The molecule has 2 aromatic heterocycles. The van der Waals surface area contributed by atoms with Crippen molar-refractivity contribution in [2.75, 3.05) is 25.0 Å². The zero-order valence-corrected chi connectivity index (χ0v) is 23.4. The average Bonchev–Trinajstić information content (AvgIpc) is 3.43. The fraction of sp³-hybridized carbons (Fsp3) is 0.324. The van der Waals surface area contributed by atoms with E-state index < -0.39 is 0 Å². The molecule has 3 heterocycles. The molecule has 6 heteroatoms. The second-order valence-electron chi connectivity index (χ2n) is 11.4. The molecular weight excluding hydrogens is 494 g/mol. The number of hydrogen-bond donors (Lipinski definition) is 1. The lowest BCUT2D eigenvalue weighted by Gasteiger charge is -2.31. The summed E-state index contributed by atoms with van der Waals surface area (Å²) in [5.41, 5.74) is 6.91. The highest BCUT2D eigenvalue weighted by Gasteiger charge is 2.22. The highest BCUT2D eigenvalue weighted by Crippen LogP contribution is 2.30. The van der Waals surface area contributed by atoms with E-state index in [0.29, 0.717) is 18.3 Å². The molecule has 40 heavy (non-hydrogen) atoms. The number of para-hydroxylation sites is 2. The predicted octanol–water partition coefficient (Wildman–Crippen LogP) is 7.10. The van der Waals surface area contributed by atoms with Crippen LogP contribution >= 0.6 is 0 Å². The van der Waals surface area contributed by atoms with Gasteiger partial charge in [-0.3, -0.25) is 14.1 Å². The lowest BCUT2D eigenvalue weighted by atomic mass is 9.89. The molecule has 0 bridgehead atoms. The summed E-state index contributed by atoms with van der Waals surface area (Å²) in [6.07, 6.45) is 4.68. The maximum atomic E-state index is 13.2. The van der Waals surface area contributed by atoms with Gasteiger partial charge in [-0.15, -0.1) is 0 Å². The number of nitrogens with one attached hydrogen (secondary N) is 1. The summed E-state index contributed by atoms with van der Waals surface area (Å²) in [7, 11) is 0. The van der Waals surface area contributed by atoms with Gasteiger partial charge < -0.3 is 5.32 Å². The van der Waals surface area contributed by atoms with Gasteiger partial charge in [-0.25, -0.2) is 9.97 Å². The van der Waals surface area contributed by atoms with E-state index in [1.54, 1.807) is 0 Å². The van der Waals surface area contributed by atoms with Gasteiger partial charge in [0, 0.05) is 30.6 Å². The first-order valence-electron chi connectivity index (χ1n) is 14.4. The molecule has 1 saturated heterocycles. The molecule has 0 aliphatic carbocycles. The molecule has 0 radical (unpaired) electrons. The van der Waals surface area contributed by atoms with Gasteiger partial charge in [0.25, 0.3) is 0 Å². The lowest BCUT2D eigenvalue weighted by Crippen LogP contribution is -2.33. The van der Waals surface area contributed by atoms with E-state index in [1.807, 2.05) is 36.5 Å². The third-order valence-electron chi connectivity index (χ3n) is 7.94. The molecule has 0 unspecified atom stereocenters. The Hall–Kier alpha value is -4.03. The van der Waals surface area contributed by atoms with Crippen molar-refractivity contribution in [3.8, 4) is 11.3 Å². The topological polar surface area (TPSA) is 62.5 Å². The van der Waals surface area contributed by atoms with Crippen molar-refractivity contribution in [2.45, 2.75) is 39.7 Å². The first-order chi connectivity index (χ1) is 19.5. The Balaban J connectivity index is 1.16. The Bertz CT molecular complexity index is 1600. The van der Waals surface area contributed by atoms with Gasteiger partial charge in [0.1, 0.15) is 0 Å². The Labute approximate surface area is 236 Å². The van der Waals surface area contributed by atoms with E-state index in [9.17, 15) is 4.79 Å². The highest BCUT2D eigenvalue weighted by atomic mass is 16.1. The van der Waals surface area contributed by atoms with Crippen molar-refractivity contribution in [1.82, 2.24) is 19.3 Å². The molecule has 1 N–H and O–H groups in total. The standard InChI is InChI=1S/C34H37N5O/c1-24(2)21-35-33-34-36-22-31(39(34)30-11-7-6-10-29(30)37-33)27-12-14-28(15-13-27)32(40)20-25-16-18-38(19-17-25)23-26-8-4-3-5-9-26/h3-15,22,24-25H,16-21,23H2,1-2H3,(H,35,37). The number of anilines is 1. The molecule has 204 valence electrons. The van der Waals surface area contributed by atoms with E-state index in [4.69, 9.17) is 9.97 Å². The summed E-state index contributed by atoms with van der Waals surface area (Å²) in [4.78, 5) is 25.3. The third kappa shape index (κ3) is 5.63. The Morgan fingerprint density at radius 3 is 2.42 bits per heavy atom. The molecule has 0 amide bonds. The number of rotatable bonds is 9. The van der Waals surface area contributed by atoms with Gasteiger partial charge in [-0.05, 0) is 55.5 Å². The van der Waals surface area contributed by atoms with E-state index in [1.165, 1.54) is 5.56 Å². The first-order valence-corrected chi connectivity index (χ1v) is 14.4. The molecule has 6 nitrogen and oxygen atoms in total. The first kappa shape index (κ1) is 26.2. The van der Waals surface area contributed by atoms with E-state index in [0.717, 1.165) is 78.3 Å². The van der Waals surface area contributed by atoms with E-state index in [2.05, 4.69) is 77.0 Å². The molecule has 0 atom stereocenters. The van der Waals surface area contributed by atoms with Crippen LogP contribution in [0.4, 0.5) is 5.82 Å². The van der Waals surface area contributed by atoms with Crippen LogP contribution in [0.15, 0.2) is 85.1 Å². The molecule has 1 aliphatic heterocycles. The molecule has 3 aromatic carbocycles. The minimum Gasteiger partial charge on any atom is -0.367 e. The minimum atomic E-state index is 0.237. The largest absolute Gasteiger partial charge is 0.367 e. The second kappa shape index (κ2) is 11.6. The SMILES string of the molecule is CC(C)CNc1nc2ccccc2n2c(-c3ccc(C(=O)CC4CCN(Cc5ccccc5)CC4)cc3)cnc12. The Morgan fingerprint density at radius 1 is 0.950 bits per heavy atom. The van der Waals surface area contributed by atoms with Gasteiger partial charge in [0.05, 0.1) is 22.9 Å². The van der Waals surface area contributed by atoms with Crippen molar-refractivity contribution >= 4 is 28.3 Å². The van der Waals surface area contributed by atoms with Gasteiger partial charge in [0.2, 0.25) is 0 Å². The second-order valence-corrected chi connectivity index (χ2v) is 11.4. The monoisotopic (exact) mass is 531 g/mol. The number of carbonyl (C=O) groups excluding carboxylic acids is 1. The molecule has 1 aliphatic rings. The number of benzene rings is 3. The number of fused-ring (bicyclic) bond motifs is 3. The summed E-state index contributed by atoms with van der Waals surface area (Å²) in [5, 5.41) is 3.48. The fourth-order valence-electron chi connectivity index (χ4n) is 5.70. The Kier molecular flexibility index (Phi) is 7.60. The van der Waals surface area contributed by atoms with Crippen LogP contribution < -0.4 is 5.32 Å². The van der Waals surface area contributed by atoms with Gasteiger partial charge in [0.15, 0.2) is 17.2 Å². The number of hydrogen-bond acceptors (Lipinski definition) is 5. The van der Waals surface area contributed by atoms with Crippen LogP contribution in [0.1, 0.15) is 49.0 Å². The van der Waals surface area contributed by atoms with Crippen LogP contribution in [-0.4, -0.2) is 44.7 Å². The highest BCUT2D eigenvalue weighted by molar-refractivity contribution is 5.96. The third-order valence-corrected chi connectivity index (χ3v) is 7.94. The van der Waals surface area contributed by atoms with Crippen LogP contribution in [-0.2, 0) is 6.54 Å². The number of carbonyl (C=O) groups is 1. The lowest BCUT2D eigenvalue weighted by molar-refractivity contribution is 0.0925. The minimum absolute atomic E-state index is 0.237. The zero-order chi connectivity index (χ0) is 27.5. The van der Waals surface area contributed by atoms with Crippen LogP contribution in [0.5, 0.6) is 0 Å². The summed E-state index contributed by atoms with van der Waals surface area (Å²) in [5.74, 6) is 1.98. The van der Waals surface area contributed by atoms with Crippen LogP contribution in [0.2, 0.25) is 0 Å². The number of aromatic nitrogens is 3. The maximum Gasteiger partial charge on any atom is 0.181 e. The maximum absolute atomic E-state index is 13.2. The van der Waals surface area contributed by atoms with Gasteiger partial charge >= 0.3 is 0 Å². The van der Waals surface area contributed by atoms with E-state index in [-0.39, 0.29) is 5.78 Å². The quantitative estimate of drug-likeness (QED) is 0.206. The summed E-state index contributed by atoms with van der Waals surface area (Å²) in [6.45, 7) is 8.28. The average molecular weight is 532 g/mol. The van der Waals surface area contributed by atoms with Gasteiger partial charge in [-0.1, -0.05) is 80.6 Å². The number of imidazole rings is 1. The van der Waals surface area contributed by atoms with Crippen molar-refractivity contribution in [2.24, 2.45) is 11.8 Å². The molecule has 6 rings (SSSR count). The van der Waals surface area contributed by atoms with Crippen LogP contribution in [0, 0.1) is 11.8 Å². The summed E-state index contributed by atoms with van der Waals surface area (Å²) >= 11 is 0. The molecule has 5 aromatic rings. The Morgan fingerprint density at radius 2 is 1.68 bits per heavy atom. The molecule has 0 saturated carbocycles. The fourth-order valence-corrected chi connectivity index (χ4v) is 5.70. The predicted molar refractivity (Wildman–Crippen MR) is 163 cm³/mol. The van der Waals surface area contributed by atoms with Gasteiger partial charge in [-0.2, -0.15) is 0 Å². The van der Waals surface area contributed by atoms with Crippen molar-refractivity contribution in [3.63, 3.8) is 0 Å². The molecule has 0 spiro atoms. The smallest absolute Gasteiger partial charge is 0.181 e. The number of Topliss-reactive ketones (excluding diaryl/α,β-unsaturated/α-hetero) is 1. The summed E-state index contributed by atoms with van der Waals surface area (Å²) < 4.78 is 2.17. The number of ketones is 1. The van der Waals surface area contributed by atoms with Crippen LogP contribution in [0.25, 0.3) is 27.9 Å². The van der Waals surface area contributed by atoms with Crippen molar-refractivity contribution in [3.05, 3.63) is 96.2 Å². The normalized spacial score (nSPS) is 14.8. The molecular formula is C34H37N5O. The van der Waals surface area contributed by atoms with Crippen LogP contribution in [0.3, 0.4) is 0 Å². The number of piperidine rings is 1.